The van der Waals surface area contributed by atoms with E-state index in [1.54, 1.807) is 0 Å². The molecule has 0 saturated carbocycles. The Balaban J connectivity index is 1.86. The van der Waals surface area contributed by atoms with Crippen molar-refractivity contribution in [2.45, 2.75) is 46.8 Å². The molecule has 0 heterocycles. The number of anilines is 2. The topological polar surface area (TPSA) is 64.7 Å². The van der Waals surface area contributed by atoms with Crippen LogP contribution in [0.4, 0.5) is 16.2 Å². The van der Waals surface area contributed by atoms with E-state index in [4.69, 9.17) is 0 Å². The van der Waals surface area contributed by atoms with Gasteiger partial charge in [0.15, 0.2) is 0 Å². The summed E-state index contributed by atoms with van der Waals surface area (Å²) in [5.41, 5.74) is 4.21. The Bertz CT molecular complexity index is 1150. The molecule has 0 aliphatic heterocycles. The summed E-state index contributed by atoms with van der Waals surface area (Å²) in [5.74, 6) is 0.0718. The van der Waals surface area contributed by atoms with Crippen molar-refractivity contribution >= 4 is 23.3 Å². The van der Waals surface area contributed by atoms with Crippen LogP contribution in [0.15, 0.2) is 78.9 Å². The molecule has 3 amide bonds. The number of nitrogens with one attached hydrogen (secondary N) is 2. The Morgan fingerprint density at radius 2 is 1.50 bits per heavy atom. The van der Waals surface area contributed by atoms with Crippen molar-refractivity contribution in [3.63, 3.8) is 0 Å². The van der Waals surface area contributed by atoms with Gasteiger partial charge in [0.25, 0.3) is 0 Å². The van der Waals surface area contributed by atoms with E-state index >= 15 is 0 Å². The summed E-state index contributed by atoms with van der Waals surface area (Å²) in [7, 11) is 3.96. The average Bonchev–Trinajstić information content (AvgIpc) is 2.86. The Morgan fingerprint density at radius 3 is 2.08 bits per heavy atom. The Labute approximate surface area is 215 Å². The first-order valence-electron chi connectivity index (χ1n) is 12.3. The van der Waals surface area contributed by atoms with Gasteiger partial charge in [-0.25, -0.2) is 4.79 Å². The van der Waals surface area contributed by atoms with Crippen molar-refractivity contribution in [2.24, 2.45) is 5.41 Å². The van der Waals surface area contributed by atoms with Crippen LogP contribution in [0.5, 0.6) is 0 Å². The molecule has 0 fully saturated rings. The minimum absolute atomic E-state index is 0.0718. The van der Waals surface area contributed by atoms with Crippen LogP contribution in [-0.4, -0.2) is 30.9 Å². The van der Waals surface area contributed by atoms with Gasteiger partial charge >= 0.3 is 6.03 Å². The van der Waals surface area contributed by atoms with E-state index in [1.807, 2.05) is 111 Å². The molecule has 0 saturated heterocycles. The molecule has 0 bridgehead atoms. The number of nitrogens with zero attached hydrogens (tertiary/aromatic N) is 2. The zero-order valence-corrected chi connectivity index (χ0v) is 22.2. The predicted molar refractivity (Wildman–Crippen MR) is 148 cm³/mol. The van der Waals surface area contributed by atoms with E-state index in [9.17, 15) is 9.59 Å². The fraction of sp³-hybridized carbons (Fsp3) is 0.333. The second kappa shape index (κ2) is 11.8. The maximum Gasteiger partial charge on any atom is 0.319 e. The normalized spacial score (nSPS) is 11.9. The van der Waals surface area contributed by atoms with Crippen LogP contribution in [0, 0.1) is 5.41 Å². The van der Waals surface area contributed by atoms with Gasteiger partial charge < -0.3 is 20.4 Å². The van der Waals surface area contributed by atoms with Gasteiger partial charge in [-0.05, 0) is 41.8 Å². The van der Waals surface area contributed by atoms with Gasteiger partial charge in [0.05, 0.1) is 6.04 Å². The van der Waals surface area contributed by atoms with E-state index < -0.39 is 5.41 Å². The molecule has 190 valence electrons. The molecule has 3 rings (SSSR count). The highest BCUT2D eigenvalue weighted by molar-refractivity contribution is 5.89. The first-order chi connectivity index (χ1) is 17.1. The first kappa shape index (κ1) is 26.8. The standard InChI is InChI=1S/C30H38N4O2/c1-22(24-15-11-8-12-16-24)34(28(35)30(2,3)4)21-25-19-26(17-18-27(25)33(5)6)32-29(36)31-20-23-13-9-7-10-14-23/h7-19,22H,20-21H2,1-6H3,(H2,31,32,36)/t22-/m0/s1. The van der Waals surface area contributed by atoms with E-state index in [2.05, 4.69) is 29.7 Å². The molecule has 0 spiro atoms. The lowest BCUT2D eigenvalue weighted by Crippen LogP contribution is -2.41. The highest BCUT2D eigenvalue weighted by Gasteiger charge is 2.31. The van der Waals surface area contributed by atoms with Crippen molar-refractivity contribution in [2.75, 3.05) is 24.3 Å². The number of rotatable bonds is 8. The summed E-state index contributed by atoms with van der Waals surface area (Å²) in [5, 5.41) is 5.84. The molecule has 36 heavy (non-hydrogen) atoms. The fourth-order valence-corrected chi connectivity index (χ4v) is 4.09. The molecular weight excluding hydrogens is 448 g/mol. The van der Waals surface area contributed by atoms with E-state index in [1.165, 1.54) is 0 Å². The summed E-state index contributed by atoms with van der Waals surface area (Å²) < 4.78 is 0. The second-order valence-corrected chi connectivity index (χ2v) is 10.3. The quantitative estimate of drug-likeness (QED) is 0.398. The molecule has 6 heteroatoms. The van der Waals surface area contributed by atoms with Crippen LogP contribution in [0.1, 0.15) is 50.4 Å². The Morgan fingerprint density at radius 1 is 0.889 bits per heavy atom. The highest BCUT2D eigenvalue weighted by Crippen LogP contribution is 2.32. The third-order valence-corrected chi connectivity index (χ3v) is 6.11. The molecule has 3 aromatic rings. The largest absolute Gasteiger partial charge is 0.377 e. The zero-order chi connectivity index (χ0) is 26.3. The summed E-state index contributed by atoms with van der Waals surface area (Å²) in [4.78, 5) is 30.1. The third-order valence-electron chi connectivity index (χ3n) is 6.11. The minimum atomic E-state index is -0.533. The molecule has 0 aliphatic rings. The van der Waals surface area contributed by atoms with Crippen molar-refractivity contribution in [3.8, 4) is 0 Å². The van der Waals surface area contributed by atoms with Crippen LogP contribution in [0.3, 0.4) is 0 Å². The maximum atomic E-state index is 13.6. The van der Waals surface area contributed by atoms with E-state index in [0.29, 0.717) is 18.8 Å². The van der Waals surface area contributed by atoms with Gasteiger partial charge in [-0.15, -0.1) is 0 Å². The minimum Gasteiger partial charge on any atom is -0.377 e. The lowest BCUT2D eigenvalue weighted by atomic mass is 9.92. The number of carbonyl (C=O) groups excluding carboxylic acids is 2. The second-order valence-electron chi connectivity index (χ2n) is 10.3. The molecule has 2 N–H and O–H groups in total. The summed E-state index contributed by atoms with van der Waals surface area (Å²) in [6.45, 7) is 8.76. The molecule has 0 unspecified atom stereocenters. The van der Waals surface area contributed by atoms with Crippen LogP contribution in [0.25, 0.3) is 0 Å². The smallest absolute Gasteiger partial charge is 0.319 e. The number of amides is 3. The fourth-order valence-electron chi connectivity index (χ4n) is 4.09. The van der Waals surface area contributed by atoms with Gasteiger partial charge in [-0.1, -0.05) is 81.4 Å². The summed E-state index contributed by atoms with van der Waals surface area (Å²) in [6.07, 6.45) is 0. The van der Waals surface area contributed by atoms with Crippen LogP contribution < -0.4 is 15.5 Å². The Kier molecular flexibility index (Phi) is 8.75. The first-order valence-corrected chi connectivity index (χ1v) is 12.3. The molecule has 1 atom stereocenters. The maximum absolute atomic E-state index is 13.6. The van der Waals surface area contributed by atoms with Crippen molar-refractivity contribution in [3.05, 3.63) is 95.6 Å². The number of hydrogen-bond donors (Lipinski definition) is 2. The zero-order valence-electron chi connectivity index (χ0n) is 22.2. The Hall–Kier alpha value is -3.80. The molecule has 3 aromatic carbocycles. The number of hydrogen-bond acceptors (Lipinski definition) is 3. The van der Waals surface area contributed by atoms with Crippen LogP contribution in [-0.2, 0) is 17.9 Å². The van der Waals surface area contributed by atoms with Gasteiger partial charge in [-0.3, -0.25) is 4.79 Å². The predicted octanol–water partition coefficient (Wildman–Crippen LogP) is 6.21. The van der Waals surface area contributed by atoms with Gasteiger partial charge in [0.2, 0.25) is 5.91 Å². The molecular formula is C30H38N4O2. The van der Waals surface area contributed by atoms with E-state index in [0.717, 1.165) is 22.4 Å². The van der Waals surface area contributed by atoms with Gasteiger partial charge in [0, 0.05) is 44.0 Å². The molecule has 0 aliphatic carbocycles. The lowest BCUT2D eigenvalue weighted by Gasteiger charge is -2.35. The number of carbonyl (C=O) groups is 2. The van der Waals surface area contributed by atoms with E-state index in [-0.39, 0.29) is 18.0 Å². The van der Waals surface area contributed by atoms with Crippen molar-refractivity contribution < 1.29 is 9.59 Å². The molecule has 0 aromatic heterocycles. The van der Waals surface area contributed by atoms with Gasteiger partial charge in [-0.2, -0.15) is 0 Å². The van der Waals surface area contributed by atoms with Crippen molar-refractivity contribution in [1.29, 1.82) is 0 Å². The lowest BCUT2D eigenvalue weighted by molar-refractivity contribution is -0.142. The molecule has 0 radical (unpaired) electrons. The number of urea groups is 1. The average molecular weight is 487 g/mol. The van der Waals surface area contributed by atoms with Gasteiger partial charge in [0.1, 0.15) is 0 Å². The summed E-state index contributed by atoms with van der Waals surface area (Å²) >= 11 is 0. The SMILES string of the molecule is C[C@@H](c1ccccc1)N(Cc1cc(NC(=O)NCc2ccccc2)ccc1N(C)C)C(=O)C(C)(C)C. The summed E-state index contributed by atoms with van der Waals surface area (Å²) in [6, 6.07) is 25.3. The molecule has 6 nitrogen and oxygen atoms in total. The third kappa shape index (κ3) is 7.11. The van der Waals surface area contributed by atoms with Crippen molar-refractivity contribution in [1.82, 2.24) is 10.2 Å². The number of benzene rings is 3. The monoisotopic (exact) mass is 486 g/mol. The van der Waals surface area contributed by atoms with Crippen LogP contribution in [0.2, 0.25) is 0 Å². The highest BCUT2D eigenvalue weighted by atomic mass is 16.2. The van der Waals surface area contributed by atoms with Crippen LogP contribution >= 0.6 is 0 Å².